The summed E-state index contributed by atoms with van der Waals surface area (Å²) in [6, 6.07) is 5.81. The summed E-state index contributed by atoms with van der Waals surface area (Å²) in [6.07, 6.45) is 0.947. The molecule has 4 heteroatoms. The van der Waals surface area contributed by atoms with Crippen LogP contribution in [0.4, 0.5) is 0 Å². The van der Waals surface area contributed by atoms with E-state index >= 15 is 0 Å². The van der Waals surface area contributed by atoms with E-state index in [1.165, 1.54) is 11.3 Å². The van der Waals surface area contributed by atoms with Gasteiger partial charge >= 0.3 is 0 Å². The second-order valence-electron chi connectivity index (χ2n) is 3.88. The normalized spacial score (nSPS) is 11.2. The smallest absolute Gasteiger partial charge is 0.177 e. The lowest BCUT2D eigenvalue weighted by molar-refractivity contribution is 0.419. The highest BCUT2D eigenvalue weighted by molar-refractivity contribution is 7.19. The molecular weight excluding hydrogens is 230 g/mol. The largest absolute Gasteiger partial charge is 0.355 e. The van der Waals surface area contributed by atoms with Crippen molar-refractivity contribution in [2.24, 2.45) is 5.92 Å². The van der Waals surface area contributed by atoms with Gasteiger partial charge in [-0.1, -0.05) is 30.6 Å². The van der Waals surface area contributed by atoms with E-state index in [9.17, 15) is 0 Å². The van der Waals surface area contributed by atoms with Crippen molar-refractivity contribution in [1.82, 2.24) is 5.16 Å². The van der Waals surface area contributed by atoms with Crippen molar-refractivity contribution in [3.8, 4) is 10.6 Å². The van der Waals surface area contributed by atoms with Crippen molar-refractivity contribution >= 4 is 22.9 Å². The molecule has 2 rings (SSSR count). The fourth-order valence-electron chi connectivity index (χ4n) is 1.39. The van der Waals surface area contributed by atoms with Crippen LogP contribution in [-0.2, 0) is 6.42 Å². The van der Waals surface area contributed by atoms with Crippen LogP contribution in [0.5, 0.6) is 0 Å². The maximum atomic E-state index is 5.86. The number of halogens is 1. The molecule has 2 aromatic heterocycles. The highest BCUT2D eigenvalue weighted by Gasteiger charge is 2.09. The molecule has 0 amide bonds. The van der Waals surface area contributed by atoms with Crippen molar-refractivity contribution in [2.75, 3.05) is 0 Å². The minimum absolute atomic E-state index is 0.592. The summed E-state index contributed by atoms with van der Waals surface area (Å²) < 4.78 is 6.04. The monoisotopic (exact) mass is 241 g/mol. The van der Waals surface area contributed by atoms with Crippen LogP contribution in [0.2, 0.25) is 4.34 Å². The van der Waals surface area contributed by atoms with Gasteiger partial charge in [-0.3, -0.25) is 0 Å². The molecule has 0 aliphatic rings. The van der Waals surface area contributed by atoms with Gasteiger partial charge in [-0.05, 0) is 24.5 Å². The Morgan fingerprint density at radius 2 is 2.27 bits per heavy atom. The molecule has 0 unspecified atom stereocenters. The van der Waals surface area contributed by atoms with Crippen LogP contribution in [0.15, 0.2) is 22.7 Å². The summed E-state index contributed by atoms with van der Waals surface area (Å²) in [5, 5.41) is 4.03. The maximum absolute atomic E-state index is 5.86. The topological polar surface area (TPSA) is 26.0 Å². The van der Waals surface area contributed by atoms with Crippen molar-refractivity contribution in [3.63, 3.8) is 0 Å². The number of rotatable bonds is 3. The molecule has 80 valence electrons. The van der Waals surface area contributed by atoms with Crippen molar-refractivity contribution < 1.29 is 4.52 Å². The number of hydrogen-bond donors (Lipinski definition) is 0. The summed E-state index contributed by atoms with van der Waals surface area (Å²) in [6.45, 7) is 4.33. The lowest BCUT2D eigenvalue weighted by Crippen LogP contribution is -1.92. The van der Waals surface area contributed by atoms with Crippen LogP contribution in [0.25, 0.3) is 10.6 Å². The predicted octanol–water partition coefficient (Wildman–Crippen LogP) is 4.26. The van der Waals surface area contributed by atoms with Crippen LogP contribution < -0.4 is 0 Å². The standard InChI is InChI=1S/C11H12ClNOS/c1-7(2)5-8-6-9(14-13-8)10-3-4-11(12)15-10/h3-4,6-7H,5H2,1-2H3. The Labute approximate surface area is 97.9 Å². The van der Waals surface area contributed by atoms with Crippen LogP contribution in [-0.4, -0.2) is 5.16 Å². The van der Waals surface area contributed by atoms with Gasteiger partial charge in [-0.25, -0.2) is 0 Å². The van der Waals surface area contributed by atoms with Gasteiger partial charge in [0.15, 0.2) is 5.76 Å². The number of thiophene rings is 1. The Hall–Kier alpha value is -0.800. The van der Waals surface area contributed by atoms with Gasteiger partial charge in [0, 0.05) is 6.07 Å². The molecule has 0 N–H and O–H groups in total. The van der Waals surface area contributed by atoms with Gasteiger partial charge in [-0.2, -0.15) is 0 Å². The molecule has 0 spiro atoms. The van der Waals surface area contributed by atoms with Gasteiger partial charge in [0.25, 0.3) is 0 Å². The average Bonchev–Trinajstić information content (AvgIpc) is 2.72. The van der Waals surface area contributed by atoms with Crippen molar-refractivity contribution in [3.05, 3.63) is 28.2 Å². The third kappa shape index (κ3) is 2.61. The molecule has 0 aliphatic carbocycles. The molecule has 0 aliphatic heterocycles. The molecule has 15 heavy (non-hydrogen) atoms. The lowest BCUT2D eigenvalue weighted by atomic mass is 10.1. The Balaban J connectivity index is 2.20. The molecule has 0 saturated heterocycles. The first-order valence-electron chi connectivity index (χ1n) is 4.86. The quantitative estimate of drug-likeness (QED) is 0.803. The Bertz CT molecular complexity index is 447. The molecule has 0 radical (unpaired) electrons. The van der Waals surface area contributed by atoms with E-state index in [0.29, 0.717) is 5.92 Å². The molecule has 2 nitrogen and oxygen atoms in total. The predicted molar refractivity (Wildman–Crippen MR) is 63.4 cm³/mol. The van der Waals surface area contributed by atoms with Gasteiger partial charge in [-0.15, -0.1) is 11.3 Å². The van der Waals surface area contributed by atoms with E-state index in [1.807, 2.05) is 18.2 Å². The first-order chi connectivity index (χ1) is 7.15. The highest BCUT2D eigenvalue weighted by Crippen LogP contribution is 2.31. The fraction of sp³-hybridized carbons (Fsp3) is 0.364. The second-order valence-corrected chi connectivity index (χ2v) is 5.60. The molecule has 2 aromatic rings. The second kappa shape index (κ2) is 4.37. The SMILES string of the molecule is CC(C)Cc1cc(-c2ccc(Cl)s2)on1. The molecule has 0 fully saturated rings. The van der Waals surface area contributed by atoms with E-state index in [4.69, 9.17) is 16.1 Å². The zero-order chi connectivity index (χ0) is 10.8. The Morgan fingerprint density at radius 1 is 1.47 bits per heavy atom. The number of aromatic nitrogens is 1. The molecule has 2 heterocycles. The molecule has 0 aromatic carbocycles. The van der Waals surface area contributed by atoms with Crippen LogP contribution in [0, 0.1) is 5.92 Å². The van der Waals surface area contributed by atoms with Gasteiger partial charge in [0.1, 0.15) is 0 Å². The molecule has 0 saturated carbocycles. The van der Waals surface area contributed by atoms with E-state index in [1.54, 1.807) is 0 Å². The third-order valence-corrected chi connectivity index (χ3v) is 3.24. The maximum Gasteiger partial charge on any atom is 0.177 e. The van der Waals surface area contributed by atoms with Crippen LogP contribution in [0.1, 0.15) is 19.5 Å². The average molecular weight is 242 g/mol. The van der Waals surface area contributed by atoms with Gasteiger partial charge in [0.2, 0.25) is 0 Å². The van der Waals surface area contributed by atoms with E-state index in [0.717, 1.165) is 27.1 Å². The summed E-state index contributed by atoms with van der Waals surface area (Å²) in [5.41, 5.74) is 1.00. The molecule has 0 bridgehead atoms. The summed E-state index contributed by atoms with van der Waals surface area (Å²) in [7, 11) is 0. The van der Waals surface area contributed by atoms with Gasteiger partial charge < -0.3 is 4.52 Å². The fourth-order valence-corrected chi connectivity index (χ4v) is 2.38. The number of nitrogens with zero attached hydrogens (tertiary/aromatic N) is 1. The molecule has 0 atom stereocenters. The first kappa shape index (κ1) is 10.7. The Morgan fingerprint density at radius 3 is 2.87 bits per heavy atom. The molecular formula is C11H12ClNOS. The third-order valence-electron chi connectivity index (χ3n) is 1.99. The van der Waals surface area contributed by atoms with E-state index in [-0.39, 0.29) is 0 Å². The summed E-state index contributed by atoms with van der Waals surface area (Å²) >= 11 is 7.36. The van der Waals surface area contributed by atoms with Crippen molar-refractivity contribution in [1.29, 1.82) is 0 Å². The van der Waals surface area contributed by atoms with E-state index in [2.05, 4.69) is 19.0 Å². The van der Waals surface area contributed by atoms with E-state index < -0.39 is 0 Å². The minimum Gasteiger partial charge on any atom is -0.355 e. The zero-order valence-electron chi connectivity index (χ0n) is 8.66. The summed E-state index contributed by atoms with van der Waals surface area (Å²) in [4.78, 5) is 1.03. The highest BCUT2D eigenvalue weighted by atomic mass is 35.5. The first-order valence-corrected chi connectivity index (χ1v) is 6.06. The zero-order valence-corrected chi connectivity index (χ0v) is 10.2. The Kier molecular flexibility index (Phi) is 3.12. The van der Waals surface area contributed by atoms with Gasteiger partial charge in [0.05, 0.1) is 14.9 Å². The lowest BCUT2D eigenvalue weighted by Gasteiger charge is -1.96. The number of hydrogen-bond acceptors (Lipinski definition) is 3. The minimum atomic E-state index is 0.592. The van der Waals surface area contributed by atoms with Crippen LogP contribution >= 0.6 is 22.9 Å². The van der Waals surface area contributed by atoms with Crippen LogP contribution in [0.3, 0.4) is 0 Å². The summed E-state index contributed by atoms with van der Waals surface area (Å²) in [5.74, 6) is 1.40. The van der Waals surface area contributed by atoms with Crippen molar-refractivity contribution in [2.45, 2.75) is 20.3 Å².